The molecule has 4 aromatic rings. The summed E-state index contributed by atoms with van der Waals surface area (Å²) in [6, 6.07) is 17.5. The monoisotopic (exact) mass is 452 g/mol. The van der Waals surface area contributed by atoms with E-state index in [2.05, 4.69) is 20.8 Å². The molecule has 3 aliphatic rings. The molecule has 1 aromatic heterocycles. The number of fused-ring (bicyclic) bond motifs is 8. The number of nitrogens with zero attached hydrogens (tertiary/aromatic N) is 2. The molecule has 34 heavy (non-hydrogen) atoms. The van der Waals surface area contributed by atoms with Crippen molar-refractivity contribution >= 4 is 27.8 Å². The molecule has 6 heteroatoms. The van der Waals surface area contributed by atoms with Gasteiger partial charge in [0.1, 0.15) is 11.2 Å². The summed E-state index contributed by atoms with van der Waals surface area (Å²) >= 11 is 0. The van der Waals surface area contributed by atoms with E-state index in [0.29, 0.717) is 29.2 Å². The third kappa shape index (κ3) is 2.19. The Morgan fingerprint density at radius 1 is 0.882 bits per heavy atom. The number of aromatic nitrogens is 2. The van der Waals surface area contributed by atoms with Crippen LogP contribution >= 0.6 is 0 Å². The normalized spacial score (nSPS) is 25.6. The van der Waals surface area contributed by atoms with Crippen LogP contribution in [-0.4, -0.2) is 22.7 Å². The average Bonchev–Trinajstić information content (AvgIpc) is 3.41. The molecule has 2 aliphatic carbocycles. The summed E-state index contributed by atoms with van der Waals surface area (Å²) in [6.07, 6.45) is 1.53. The number of hydrogen-bond acceptors (Lipinski definition) is 6. The first-order valence-corrected chi connectivity index (χ1v) is 11.7. The van der Waals surface area contributed by atoms with Gasteiger partial charge in [0.25, 0.3) is 0 Å². The van der Waals surface area contributed by atoms with Gasteiger partial charge >= 0.3 is 5.97 Å². The van der Waals surface area contributed by atoms with E-state index in [1.807, 2.05) is 54.6 Å². The summed E-state index contributed by atoms with van der Waals surface area (Å²) in [6.45, 7) is 6.71. The molecule has 7 rings (SSSR count). The highest BCUT2D eigenvalue weighted by atomic mass is 16.7. The molecule has 1 saturated carbocycles. The van der Waals surface area contributed by atoms with Crippen molar-refractivity contribution in [2.24, 2.45) is 5.41 Å². The molecule has 170 valence electrons. The van der Waals surface area contributed by atoms with Crippen LogP contribution in [0.3, 0.4) is 0 Å². The molecule has 0 N–H and O–H groups in total. The highest BCUT2D eigenvalue weighted by molar-refractivity contribution is 5.95. The molecule has 6 nitrogen and oxygen atoms in total. The van der Waals surface area contributed by atoms with Crippen LogP contribution in [0.25, 0.3) is 21.8 Å². The van der Waals surface area contributed by atoms with Crippen molar-refractivity contribution in [2.45, 2.75) is 44.4 Å². The summed E-state index contributed by atoms with van der Waals surface area (Å²) in [5.74, 6) is 1.65. The van der Waals surface area contributed by atoms with Crippen LogP contribution < -0.4 is 14.2 Å². The summed E-state index contributed by atoms with van der Waals surface area (Å²) in [5.41, 5.74) is 1.49. The van der Waals surface area contributed by atoms with Gasteiger partial charge in [0.2, 0.25) is 6.79 Å². The molecule has 0 spiro atoms. The summed E-state index contributed by atoms with van der Waals surface area (Å²) in [4.78, 5) is 24.3. The van der Waals surface area contributed by atoms with Gasteiger partial charge in [0.05, 0.1) is 22.4 Å². The predicted octanol–water partition coefficient (Wildman–Crippen LogP) is 5.45. The van der Waals surface area contributed by atoms with Crippen molar-refractivity contribution in [3.63, 3.8) is 0 Å². The van der Waals surface area contributed by atoms with Crippen molar-refractivity contribution < 1.29 is 19.0 Å². The van der Waals surface area contributed by atoms with E-state index >= 15 is 0 Å². The van der Waals surface area contributed by atoms with E-state index in [0.717, 1.165) is 34.1 Å². The average molecular weight is 453 g/mol. The fourth-order valence-corrected chi connectivity index (χ4v) is 6.42. The maximum absolute atomic E-state index is 14.1. The zero-order valence-electron chi connectivity index (χ0n) is 19.3. The molecule has 2 heterocycles. The second kappa shape index (κ2) is 6.26. The van der Waals surface area contributed by atoms with Gasteiger partial charge in [-0.25, -0.2) is 9.97 Å². The quantitative estimate of drug-likeness (QED) is 0.298. The number of carbonyl (C=O) groups excluding carboxylic acids is 1. The molecular formula is C28H24N2O4. The predicted molar refractivity (Wildman–Crippen MR) is 127 cm³/mol. The van der Waals surface area contributed by atoms with Gasteiger partial charge in [0, 0.05) is 22.9 Å². The minimum Gasteiger partial charge on any atom is -0.454 e. The molecule has 1 aliphatic heterocycles. The zero-order valence-corrected chi connectivity index (χ0v) is 19.3. The summed E-state index contributed by atoms with van der Waals surface area (Å²) in [5, 5.41) is 1.96. The number of esters is 1. The van der Waals surface area contributed by atoms with E-state index < -0.39 is 10.8 Å². The van der Waals surface area contributed by atoms with Crippen molar-refractivity contribution in [1.82, 2.24) is 9.97 Å². The van der Waals surface area contributed by atoms with Crippen LogP contribution in [0.5, 0.6) is 17.2 Å². The summed E-state index contributed by atoms with van der Waals surface area (Å²) in [7, 11) is 0. The van der Waals surface area contributed by atoms with Crippen LogP contribution in [0, 0.1) is 5.41 Å². The molecule has 0 saturated heterocycles. The zero-order chi connectivity index (χ0) is 23.3. The van der Waals surface area contributed by atoms with E-state index in [-0.39, 0.29) is 18.2 Å². The number of carbonyl (C=O) groups is 1. The Morgan fingerprint density at radius 2 is 1.56 bits per heavy atom. The fourth-order valence-electron chi connectivity index (χ4n) is 6.42. The van der Waals surface area contributed by atoms with Crippen molar-refractivity contribution in [3.8, 4) is 17.2 Å². The molecule has 2 unspecified atom stereocenters. The Bertz CT molecular complexity index is 1540. The topological polar surface area (TPSA) is 70.5 Å². The van der Waals surface area contributed by atoms with Gasteiger partial charge < -0.3 is 14.2 Å². The lowest BCUT2D eigenvalue weighted by atomic mass is 9.64. The van der Waals surface area contributed by atoms with Crippen LogP contribution in [0.15, 0.2) is 54.6 Å². The molecule has 3 aromatic carbocycles. The van der Waals surface area contributed by atoms with Crippen molar-refractivity contribution in [3.05, 3.63) is 66.0 Å². The first kappa shape index (κ1) is 19.8. The Hall–Kier alpha value is -3.67. The van der Waals surface area contributed by atoms with Crippen LogP contribution in [0.1, 0.15) is 45.0 Å². The maximum Gasteiger partial charge on any atom is 0.324 e. The second-order valence-electron chi connectivity index (χ2n) is 10.3. The lowest BCUT2D eigenvalue weighted by Crippen LogP contribution is -2.48. The number of ether oxygens (including phenoxy) is 3. The van der Waals surface area contributed by atoms with E-state index in [1.165, 1.54) is 0 Å². The van der Waals surface area contributed by atoms with Crippen LogP contribution in [0.2, 0.25) is 0 Å². The second-order valence-corrected chi connectivity index (χ2v) is 10.3. The highest BCUT2D eigenvalue weighted by Crippen LogP contribution is 2.70. The largest absolute Gasteiger partial charge is 0.454 e. The van der Waals surface area contributed by atoms with Gasteiger partial charge in [-0.3, -0.25) is 4.79 Å². The molecule has 0 radical (unpaired) electrons. The SMILES string of the molecule is CC12CCC(C(=O)Oc3cccc4ccccc34)(c3nc4cc5c(cc4nc31)OCO5)C2(C)C. The molecule has 1 fully saturated rings. The minimum atomic E-state index is -0.883. The third-order valence-corrected chi connectivity index (χ3v) is 8.83. The Balaban J connectivity index is 1.41. The Labute approximate surface area is 196 Å². The Morgan fingerprint density at radius 3 is 2.32 bits per heavy atom. The van der Waals surface area contributed by atoms with Gasteiger partial charge in [-0.2, -0.15) is 0 Å². The Kier molecular flexibility index (Phi) is 3.64. The van der Waals surface area contributed by atoms with E-state index in [4.69, 9.17) is 24.2 Å². The fraction of sp³-hybridized carbons (Fsp3) is 0.321. The van der Waals surface area contributed by atoms with Crippen LogP contribution in [0.4, 0.5) is 0 Å². The number of rotatable bonds is 2. The number of benzene rings is 3. The van der Waals surface area contributed by atoms with Crippen molar-refractivity contribution in [2.75, 3.05) is 6.79 Å². The molecule has 2 bridgehead atoms. The maximum atomic E-state index is 14.1. The highest BCUT2D eigenvalue weighted by Gasteiger charge is 2.74. The van der Waals surface area contributed by atoms with Gasteiger partial charge in [0.15, 0.2) is 11.5 Å². The molecule has 0 amide bonds. The first-order chi connectivity index (χ1) is 16.3. The van der Waals surface area contributed by atoms with Crippen molar-refractivity contribution in [1.29, 1.82) is 0 Å². The minimum absolute atomic E-state index is 0.192. The molecular weight excluding hydrogens is 428 g/mol. The lowest BCUT2D eigenvalue weighted by molar-refractivity contribution is -0.145. The van der Waals surface area contributed by atoms with Gasteiger partial charge in [-0.1, -0.05) is 57.2 Å². The first-order valence-electron chi connectivity index (χ1n) is 11.7. The lowest BCUT2D eigenvalue weighted by Gasteiger charge is -2.38. The van der Waals surface area contributed by atoms with Crippen LogP contribution in [-0.2, 0) is 15.6 Å². The third-order valence-electron chi connectivity index (χ3n) is 8.83. The van der Waals surface area contributed by atoms with Gasteiger partial charge in [-0.15, -0.1) is 0 Å². The van der Waals surface area contributed by atoms with E-state index in [9.17, 15) is 4.79 Å². The van der Waals surface area contributed by atoms with E-state index in [1.54, 1.807) is 0 Å². The summed E-state index contributed by atoms with van der Waals surface area (Å²) < 4.78 is 17.3. The standard InChI is InChI=1S/C28H24N2O4/c1-26(2)27(3)11-12-28(26,25(31)34-20-10-6-8-16-7-4-5-9-17(16)20)24-23(27)29-18-13-21-22(33-15-32-21)14-19(18)30-24/h4-10,13-14H,11-12,15H2,1-3H3. The molecule has 2 atom stereocenters. The number of hydrogen-bond donors (Lipinski definition) is 0. The smallest absolute Gasteiger partial charge is 0.324 e. The van der Waals surface area contributed by atoms with Gasteiger partial charge in [-0.05, 0) is 29.7 Å².